The number of ether oxygens (including phenoxy) is 1. The normalized spacial score (nSPS) is 10.3. The number of aryl methyl sites for hydroxylation is 1. The quantitative estimate of drug-likeness (QED) is 0.772. The van der Waals surface area contributed by atoms with Crippen LogP contribution in [0, 0.1) is 0 Å². The topological polar surface area (TPSA) is 88.5 Å². The maximum absolute atomic E-state index is 11.8. The van der Waals surface area contributed by atoms with E-state index in [9.17, 15) is 9.59 Å². The first-order chi connectivity index (χ1) is 11.1. The summed E-state index contributed by atoms with van der Waals surface area (Å²) < 4.78 is 5.21. The number of carboxylic acid groups (broad SMARTS) is 1. The molecular weight excluding hydrogens is 316 g/mol. The highest BCUT2D eigenvalue weighted by atomic mass is 32.1. The second kappa shape index (κ2) is 8.28. The van der Waals surface area contributed by atoms with Crippen LogP contribution in [0.5, 0.6) is 5.75 Å². The van der Waals surface area contributed by atoms with Gasteiger partial charge in [-0.25, -0.2) is 9.78 Å². The fourth-order valence-electron chi connectivity index (χ4n) is 2.11. The maximum Gasteiger partial charge on any atom is 0.335 e. The zero-order valence-electron chi connectivity index (χ0n) is 12.7. The maximum atomic E-state index is 11.8. The van der Waals surface area contributed by atoms with E-state index in [0.717, 1.165) is 10.6 Å². The Morgan fingerprint density at radius 1 is 1.35 bits per heavy atom. The standard InChI is InChI=1S/C16H18N2O4S/c1-22-13-10-12(16(20)21)3-2-11(13)6-7-17-14(19)4-5-15-18-8-9-23-15/h2-3,8-10H,4-7H2,1H3,(H,17,19)(H,20,21). The summed E-state index contributed by atoms with van der Waals surface area (Å²) in [4.78, 5) is 26.9. The molecule has 0 atom stereocenters. The molecule has 0 saturated carbocycles. The Hall–Kier alpha value is -2.41. The first-order valence-corrected chi connectivity index (χ1v) is 8.03. The zero-order chi connectivity index (χ0) is 16.7. The molecule has 6 nitrogen and oxygen atoms in total. The van der Waals surface area contributed by atoms with Gasteiger partial charge in [-0.3, -0.25) is 4.79 Å². The molecule has 2 aromatic rings. The van der Waals surface area contributed by atoms with Gasteiger partial charge in [0.15, 0.2) is 0 Å². The minimum absolute atomic E-state index is 0.0266. The van der Waals surface area contributed by atoms with Crippen LogP contribution in [-0.2, 0) is 17.6 Å². The Bertz CT molecular complexity index is 671. The van der Waals surface area contributed by atoms with Gasteiger partial charge in [-0.1, -0.05) is 6.07 Å². The van der Waals surface area contributed by atoms with Crippen molar-refractivity contribution >= 4 is 23.2 Å². The highest BCUT2D eigenvalue weighted by Crippen LogP contribution is 2.20. The van der Waals surface area contributed by atoms with Crippen molar-refractivity contribution in [3.05, 3.63) is 45.9 Å². The molecule has 1 heterocycles. The number of carbonyl (C=O) groups is 2. The van der Waals surface area contributed by atoms with E-state index in [4.69, 9.17) is 9.84 Å². The van der Waals surface area contributed by atoms with Crippen molar-refractivity contribution < 1.29 is 19.4 Å². The minimum Gasteiger partial charge on any atom is -0.496 e. The van der Waals surface area contributed by atoms with E-state index in [1.54, 1.807) is 12.3 Å². The summed E-state index contributed by atoms with van der Waals surface area (Å²) in [5.41, 5.74) is 1.04. The van der Waals surface area contributed by atoms with Crippen molar-refractivity contribution in [3.8, 4) is 5.75 Å². The van der Waals surface area contributed by atoms with Gasteiger partial charge >= 0.3 is 5.97 Å². The fourth-order valence-corrected chi connectivity index (χ4v) is 2.73. The summed E-state index contributed by atoms with van der Waals surface area (Å²) in [5.74, 6) is -0.506. The molecule has 2 N–H and O–H groups in total. The lowest BCUT2D eigenvalue weighted by atomic mass is 10.1. The van der Waals surface area contributed by atoms with Crippen LogP contribution in [0.1, 0.15) is 27.3 Å². The van der Waals surface area contributed by atoms with Gasteiger partial charge in [-0.05, 0) is 24.1 Å². The van der Waals surface area contributed by atoms with E-state index in [2.05, 4.69) is 10.3 Å². The number of amides is 1. The Morgan fingerprint density at radius 2 is 2.17 bits per heavy atom. The second-order valence-electron chi connectivity index (χ2n) is 4.86. The summed E-state index contributed by atoms with van der Waals surface area (Å²) in [6.07, 6.45) is 3.35. The van der Waals surface area contributed by atoms with Crippen molar-refractivity contribution in [2.45, 2.75) is 19.3 Å². The van der Waals surface area contributed by atoms with E-state index in [1.807, 2.05) is 5.38 Å². The van der Waals surface area contributed by atoms with Gasteiger partial charge < -0.3 is 15.2 Å². The van der Waals surface area contributed by atoms with Crippen molar-refractivity contribution in [2.24, 2.45) is 0 Å². The number of aromatic carboxylic acids is 1. The van der Waals surface area contributed by atoms with Crippen LogP contribution < -0.4 is 10.1 Å². The second-order valence-corrected chi connectivity index (χ2v) is 5.84. The van der Waals surface area contributed by atoms with E-state index in [1.165, 1.54) is 30.6 Å². The van der Waals surface area contributed by atoms with Gasteiger partial charge in [-0.15, -0.1) is 11.3 Å². The molecule has 1 aromatic carbocycles. The minimum atomic E-state index is -0.995. The largest absolute Gasteiger partial charge is 0.496 e. The molecule has 0 aliphatic rings. The number of nitrogens with one attached hydrogen (secondary N) is 1. The van der Waals surface area contributed by atoms with Crippen LogP contribution in [0.25, 0.3) is 0 Å². The zero-order valence-corrected chi connectivity index (χ0v) is 13.6. The summed E-state index contributed by atoms with van der Waals surface area (Å²) in [5, 5.41) is 14.7. The average molecular weight is 334 g/mol. The number of nitrogens with zero attached hydrogens (tertiary/aromatic N) is 1. The number of benzene rings is 1. The molecule has 1 amide bonds. The summed E-state index contributed by atoms with van der Waals surface area (Å²) >= 11 is 1.54. The number of carboxylic acids is 1. The molecule has 0 bridgehead atoms. The predicted molar refractivity (Wildman–Crippen MR) is 87.1 cm³/mol. The third-order valence-corrected chi connectivity index (χ3v) is 4.14. The number of hydrogen-bond donors (Lipinski definition) is 2. The van der Waals surface area contributed by atoms with Crippen molar-refractivity contribution in [3.63, 3.8) is 0 Å². The van der Waals surface area contributed by atoms with Gasteiger partial charge in [-0.2, -0.15) is 0 Å². The molecule has 0 aliphatic carbocycles. The number of hydrogen-bond acceptors (Lipinski definition) is 5. The van der Waals surface area contributed by atoms with E-state index in [-0.39, 0.29) is 11.5 Å². The third kappa shape index (κ3) is 5.07. The molecule has 0 unspecified atom stereocenters. The molecule has 0 radical (unpaired) electrons. The lowest BCUT2D eigenvalue weighted by Gasteiger charge is -2.10. The molecule has 7 heteroatoms. The summed E-state index contributed by atoms with van der Waals surface area (Å²) in [6, 6.07) is 4.73. The van der Waals surface area contributed by atoms with Crippen LogP contribution in [0.2, 0.25) is 0 Å². The number of carbonyl (C=O) groups excluding carboxylic acids is 1. The van der Waals surface area contributed by atoms with Gasteiger partial charge in [0.05, 0.1) is 17.7 Å². The highest BCUT2D eigenvalue weighted by molar-refractivity contribution is 7.09. The fraction of sp³-hybridized carbons (Fsp3) is 0.312. The van der Waals surface area contributed by atoms with Crippen molar-refractivity contribution in [1.82, 2.24) is 10.3 Å². The van der Waals surface area contributed by atoms with Gasteiger partial charge in [0.25, 0.3) is 0 Å². The Balaban J connectivity index is 1.81. The van der Waals surface area contributed by atoms with Gasteiger partial charge in [0.1, 0.15) is 5.75 Å². The molecule has 0 spiro atoms. The van der Waals surface area contributed by atoms with Crippen LogP contribution in [0.15, 0.2) is 29.8 Å². The van der Waals surface area contributed by atoms with Crippen molar-refractivity contribution in [2.75, 3.05) is 13.7 Å². The van der Waals surface area contributed by atoms with Crippen LogP contribution in [-0.4, -0.2) is 35.6 Å². The Labute approximate surface area is 138 Å². The SMILES string of the molecule is COc1cc(C(=O)O)ccc1CCNC(=O)CCc1nccs1. The molecule has 1 aromatic heterocycles. The van der Waals surface area contributed by atoms with E-state index in [0.29, 0.717) is 31.6 Å². The third-order valence-electron chi connectivity index (χ3n) is 3.30. The van der Waals surface area contributed by atoms with Gasteiger partial charge in [0.2, 0.25) is 5.91 Å². The molecule has 23 heavy (non-hydrogen) atoms. The van der Waals surface area contributed by atoms with E-state index >= 15 is 0 Å². The van der Waals surface area contributed by atoms with Gasteiger partial charge in [0, 0.05) is 31.0 Å². The first kappa shape index (κ1) is 17.0. The van der Waals surface area contributed by atoms with Crippen LogP contribution in [0.3, 0.4) is 0 Å². The number of thiazole rings is 1. The number of rotatable bonds is 8. The van der Waals surface area contributed by atoms with E-state index < -0.39 is 5.97 Å². The number of methoxy groups -OCH3 is 1. The molecule has 0 aliphatic heterocycles. The number of aromatic nitrogens is 1. The Kier molecular flexibility index (Phi) is 6.10. The van der Waals surface area contributed by atoms with Crippen LogP contribution >= 0.6 is 11.3 Å². The molecule has 0 fully saturated rings. The predicted octanol–water partition coefficient (Wildman–Crippen LogP) is 2.14. The molecule has 2 rings (SSSR count). The Morgan fingerprint density at radius 3 is 2.83 bits per heavy atom. The lowest BCUT2D eigenvalue weighted by Crippen LogP contribution is -2.26. The summed E-state index contributed by atoms with van der Waals surface area (Å²) in [7, 11) is 1.50. The summed E-state index contributed by atoms with van der Waals surface area (Å²) in [6.45, 7) is 0.472. The molecular formula is C16H18N2O4S. The monoisotopic (exact) mass is 334 g/mol. The van der Waals surface area contributed by atoms with Crippen molar-refractivity contribution in [1.29, 1.82) is 0 Å². The lowest BCUT2D eigenvalue weighted by molar-refractivity contribution is -0.121. The first-order valence-electron chi connectivity index (χ1n) is 7.15. The molecule has 122 valence electrons. The van der Waals surface area contributed by atoms with Crippen LogP contribution in [0.4, 0.5) is 0 Å². The average Bonchev–Trinajstić information content (AvgIpc) is 3.06. The smallest absolute Gasteiger partial charge is 0.335 e. The molecule has 0 saturated heterocycles. The highest BCUT2D eigenvalue weighted by Gasteiger charge is 2.09.